The van der Waals surface area contributed by atoms with Crippen LogP contribution in [0, 0.1) is 0 Å². The summed E-state index contributed by atoms with van der Waals surface area (Å²) in [5.74, 6) is -0.455. The van der Waals surface area contributed by atoms with E-state index in [1.54, 1.807) is 18.2 Å². The quantitative estimate of drug-likeness (QED) is 0.852. The second-order valence-corrected chi connectivity index (χ2v) is 5.59. The van der Waals surface area contributed by atoms with Gasteiger partial charge in [-0.3, -0.25) is 4.79 Å². The molecule has 2 aromatic rings. The number of primary amides is 1. The molecule has 0 aliphatic heterocycles. The fourth-order valence-electron chi connectivity index (χ4n) is 1.42. The summed E-state index contributed by atoms with van der Waals surface area (Å²) in [6.07, 6.45) is 0. The Hall–Kier alpha value is -1.46. The van der Waals surface area contributed by atoms with Gasteiger partial charge in [-0.1, -0.05) is 23.9 Å². The number of rotatable bonds is 3. The van der Waals surface area contributed by atoms with Crippen LogP contribution in [0.1, 0.15) is 10.4 Å². The molecule has 0 radical (unpaired) electrons. The van der Waals surface area contributed by atoms with Crippen LogP contribution < -0.4 is 11.5 Å². The summed E-state index contributed by atoms with van der Waals surface area (Å²) in [5, 5.41) is 0. The second kappa shape index (κ2) is 5.46. The number of benzene rings is 2. The number of nitrogens with two attached hydrogens (primary N) is 2. The van der Waals surface area contributed by atoms with Crippen molar-refractivity contribution in [2.75, 3.05) is 5.73 Å². The molecule has 18 heavy (non-hydrogen) atoms. The lowest BCUT2D eigenvalue weighted by atomic mass is 10.2. The molecule has 0 saturated carbocycles. The number of amides is 1. The Morgan fingerprint density at radius 1 is 1.11 bits per heavy atom. The van der Waals surface area contributed by atoms with Crippen molar-refractivity contribution in [2.45, 2.75) is 9.79 Å². The monoisotopic (exact) mass is 322 g/mol. The van der Waals surface area contributed by atoms with Crippen LogP contribution in [-0.4, -0.2) is 5.91 Å². The van der Waals surface area contributed by atoms with Crippen molar-refractivity contribution in [3.05, 3.63) is 52.5 Å². The molecular weight excluding hydrogens is 312 g/mol. The Kier molecular flexibility index (Phi) is 3.93. The minimum absolute atomic E-state index is 0.455. The van der Waals surface area contributed by atoms with Crippen LogP contribution in [0.2, 0.25) is 0 Å². The van der Waals surface area contributed by atoms with Crippen molar-refractivity contribution in [3.63, 3.8) is 0 Å². The Morgan fingerprint density at radius 3 is 2.50 bits per heavy atom. The van der Waals surface area contributed by atoms with E-state index in [1.807, 2.05) is 24.3 Å². The first-order valence-corrected chi connectivity index (χ1v) is 6.80. The fraction of sp³-hybridized carbons (Fsp3) is 0. The minimum atomic E-state index is -0.455. The zero-order chi connectivity index (χ0) is 13.1. The summed E-state index contributed by atoms with van der Waals surface area (Å²) < 4.78 is 0.985. The number of carbonyl (C=O) groups excluding carboxylic acids is 1. The Morgan fingerprint density at radius 2 is 1.83 bits per heavy atom. The van der Waals surface area contributed by atoms with E-state index < -0.39 is 5.91 Å². The molecule has 0 aromatic heterocycles. The van der Waals surface area contributed by atoms with Gasteiger partial charge < -0.3 is 11.5 Å². The molecule has 2 aromatic carbocycles. The van der Waals surface area contributed by atoms with Crippen LogP contribution in [-0.2, 0) is 0 Å². The second-order valence-electron chi connectivity index (χ2n) is 3.65. The van der Waals surface area contributed by atoms with Gasteiger partial charge in [-0.2, -0.15) is 0 Å². The number of carbonyl (C=O) groups is 1. The number of halogens is 1. The third-order valence-electron chi connectivity index (χ3n) is 2.35. The van der Waals surface area contributed by atoms with E-state index in [0.717, 1.165) is 14.3 Å². The molecule has 0 atom stereocenters. The van der Waals surface area contributed by atoms with Gasteiger partial charge >= 0.3 is 0 Å². The summed E-state index contributed by atoms with van der Waals surface area (Å²) in [6, 6.07) is 12.9. The molecule has 0 unspecified atom stereocenters. The fourth-order valence-corrected chi connectivity index (χ4v) is 2.87. The average Bonchev–Trinajstić information content (AvgIpc) is 2.34. The lowest BCUT2D eigenvalue weighted by Gasteiger charge is -2.08. The molecule has 0 saturated heterocycles. The Labute approximate surface area is 118 Å². The first-order chi connectivity index (χ1) is 8.58. The molecule has 0 heterocycles. The van der Waals surface area contributed by atoms with E-state index in [0.29, 0.717) is 11.3 Å². The standard InChI is InChI=1S/C13H11BrN2OS/c14-9-3-1-2-4-11(9)18-12-7-8(13(16)17)5-6-10(12)15/h1-7H,15H2,(H2,16,17). The normalized spacial score (nSPS) is 10.3. The molecule has 0 aliphatic rings. The maximum Gasteiger partial charge on any atom is 0.248 e. The lowest BCUT2D eigenvalue weighted by Crippen LogP contribution is -2.11. The minimum Gasteiger partial charge on any atom is -0.398 e. The van der Waals surface area contributed by atoms with Gasteiger partial charge in [0, 0.05) is 25.5 Å². The summed E-state index contributed by atoms with van der Waals surface area (Å²) >= 11 is 4.97. The van der Waals surface area contributed by atoms with E-state index in [1.165, 1.54) is 11.8 Å². The first-order valence-electron chi connectivity index (χ1n) is 5.19. The molecule has 1 amide bonds. The summed E-state index contributed by atoms with van der Waals surface area (Å²) in [5.41, 5.74) is 12.2. The lowest BCUT2D eigenvalue weighted by molar-refractivity contribution is 0.1000. The highest BCUT2D eigenvalue weighted by atomic mass is 79.9. The van der Waals surface area contributed by atoms with Crippen molar-refractivity contribution >= 4 is 39.3 Å². The number of nitrogen functional groups attached to an aromatic ring is 1. The SMILES string of the molecule is NC(=O)c1ccc(N)c(Sc2ccccc2Br)c1. The summed E-state index contributed by atoms with van der Waals surface area (Å²) in [7, 11) is 0. The molecule has 3 nitrogen and oxygen atoms in total. The van der Waals surface area contributed by atoms with Crippen molar-refractivity contribution in [2.24, 2.45) is 5.73 Å². The third kappa shape index (κ3) is 2.86. The van der Waals surface area contributed by atoms with Crippen molar-refractivity contribution in [1.82, 2.24) is 0 Å². The van der Waals surface area contributed by atoms with Gasteiger partial charge in [0.2, 0.25) is 5.91 Å². The molecule has 0 aliphatic carbocycles. The van der Waals surface area contributed by atoms with E-state index >= 15 is 0 Å². The topological polar surface area (TPSA) is 69.1 Å². The van der Waals surface area contributed by atoms with Crippen LogP contribution in [0.4, 0.5) is 5.69 Å². The average molecular weight is 323 g/mol. The van der Waals surface area contributed by atoms with Crippen LogP contribution in [0.5, 0.6) is 0 Å². The Bertz CT molecular complexity index is 601. The van der Waals surface area contributed by atoms with E-state index in [2.05, 4.69) is 15.9 Å². The Balaban J connectivity index is 2.37. The van der Waals surface area contributed by atoms with Crippen LogP contribution in [0.3, 0.4) is 0 Å². The maximum atomic E-state index is 11.1. The molecule has 0 spiro atoms. The van der Waals surface area contributed by atoms with Crippen molar-refractivity contribution < 1.29 is 4.79 Å². The highest BCUT2D eigenvalue weighted by molar-refractivity contribution is 9.10. The van der Waals surface area contributed by atoms with E-state index in [9.17, 15) is 4.79 Å². The molecule has 2 rings (SSSR count). The van der Waals surface area contributed by atoms with Gasteiger partial charge in [-0.15, -0.1) is 0 Å². The molecular formula is C13H11BrN2OS. The number of hydrogen-bond donors (Lipinski definition) is 2. The van der Waals surface area contributed by atoms with Crippen LogP contribution >= 0.6 is 27.7 Å². The molecule has 0 fully saturated rings. The predicted molar refractivity (Wildman–Crippen MR) is 77.6 cm³/mol. The molecule has 5 heteroatoms. The largest absolute Gasteiger partial charge is 0.398 e. The van der Waals surface area contributed by atoms with Gasteiger partial charge in [0.15, 0.2) is 0 Å². The van der Waals surface area contributed by atoms with Gasteiger partial charge in [0.25, 0.3) is 0 Å². The van der Waals surface area contributed by atoms with Crippen molar-refractivity contribution in [1.29, 1.82) is 0 Å². The first kappa shape index (κ1) is 13.0. The van der Waals surface area contributed by atoms with Gasteiger partial charge in [0.1, 0.15) is 0 Å². The van der Waals surface area contributed by atoms with Crippen molar-refractivity contribution in [3.8, 4) is 0 Å². The van der Waals surface area contributed by atoms with Crippen LogP contribution in [0.25, 0.3) is 0 Å². The smallest absolute Gasteiger partial charge is 0.248 e. The third-order valence-corrected chi connectivity index (χ3v) is 4.46. The summed E-state index contributed by atoms with van der Waals surface area (Å²) in [4.78, 5) is 13.0. The predicted octanol–water partition coefficient (Wildman–Crippen LogP) is 3.28. The van der Waals surface area contributed by atoms with Gasteiger partial charge in [-0.25, -0.2) is 0 Å². The van der Waals surface area contributed by atoms with E-state index in [4.69, 9.17) is 11.5 Å². The summed E-state index contributed by atoms with van der Waals surface area (Å²) in [6.45, 7) is 0. The molecule has 92 valence electrons. The maximum absolute atomic E-state index is 11.1. The van der Waals surface area contributed by atoms with Gasteiger partial charge in [0.05, 0.1) is 0 Å². The van der Waals surface area contributed by atoms with Gasteiger partial charge in [-0.05, 0) is 46.3 Å². The molecule has 4 N–H and O–H groups in total. The molecule has 0 bridgehead atoms. The van der Waals surface area contributed by atoms with Crippen LogP contribution in [0.15, 0.2) is 56.7 Å². The van der Waals surface area contributed by atoms with E-state index in [-0.39, 0.29) is 0 Å². The number of hydrogen-bond acceptors (Lipinski definition) is 3. The zero-order valence-corrected chi connectivity index (χ0v) is 11.8. The highest BCUT2D eigenvalue weighted by Crippen LogP contribution is 2.36. The highest BCUT2D eigenvalue weighted by Gasteiger charge is 2.08. The zero-order valence-electron chi connectivity index (χ0n) is 9.39. The number of anilines is 1.